The lowest BCUT2D eigenvalue weighted by Gasteiger charge is -2.53. The molecule has 1 spiro atoms. The molecule has 3 saturated heterocycles. The van der Waals surface area contributed by atoms with Crippen LogP contribution < -0.4 is 0 Å². The summed E-state index contributed by atoms with van der Waals surface area (Å²) in [6.45, 7) is 13.2. The second-order valence-corrected chi connectivity index (χ2v) is 14.6. The van der Waals surface area contributed by atoms with Gasteiger partial charge in [0.15, 0.2) is 14.1 Å². The maximum atomic E-state index is 11.7. The first-order valence-electron chi connectivity index (χ1n) is 12.1. The number of rotatable bonds is 8. The van der Waals surface area contributed by atoms with E-state index >= 15 is 0 Å². The van der Waals surface area contributed by atoms with Gasteiger partial charge in [0, 0.05) is 19.3 Å². The molecular formula is C23H42O6Si. The Morgan fingerprint density at radius 3 is 2.27 bits per heavy atom. The van der Waals surface area contributed by atoms with Gasteiger partial charge in [-0.1, -0.05) is 41.5 Å². The van der Waals surface area contributed by atoms with Crippen molar-refractivity contribution in [1.29, 1.82) is 0 Å². The van der Waals surface area contributed by atoms with Crippen LogP contribution in [0.15, 0.2) is 0 Å². The number of carboxylic acid groups (broad SMARTS) is 1. The summed E-state index contributed by atoms with van der Waals surface area (Å²) >= 11 is 0. The molecule has 3 aliphatic rings. The quantitative estimate of drug-likeness (QED) is 0.535. The van der Waals surface area contributed by atoms with E-state index in [1.54, 1.807) is 0 Å². The lowest BCUT2D eigenvalue weighted by molar-refractivity contribution is -0.351. The van der Waals surface area contributed by atoms with Gasteiger partial charge in [0.1, 0.15) is 0 Å². The van der Waals surface area contributed by atoms with Crippen LogP contribution in [0.1, 0.15) is 73.6 Å². The molecule has 3 aliphatic heterocycles. The molecule has 3 heterocycles. The number of fused-ring (bicyclic) bond motifs is 1. The predicted octanol–water partition coefficient (Wildman–Crippen LogP) is 4.97. The fourth-order valence-corrected chi connectivity index (χ4v) is 8.91. The Balaban J connectivity index is 1.81. The van der Waals surface area contributed by atoms with Crippen LogP contribution in [0.3, 0.4) is 0 Å². The van der Waals surface area contributed by atoms with Crippen molar-refractivity contribution in [3.8, 4) is 0 Å². The molecule has 30 heavy (non-hydrogen) atoms. The largest absolute Gasteiger partial charge is 0.481 e. The van der Waals surface area contributed by atoms with Crippen LogP contribution in [0.2, 0.25) is 18.1 Å². The second-order valence-electron chi connectivity index (χ2n) is 9.88. The average Bonchev–Trinajstić information content (AvgIpc) is 3.11. The molecule has 8 atom stereocenters. The number of ether oxygens (including phenoxy) is 3. The molecule has 0 aromatic heterocycles. The van der Waals surface area contributed by atoms with Gasteiger partial charge in [-0.3, -0.25) is 4.79 Å². The van der Waals surface area contributed by atoms with Gasteiger partial charge >= 0.3 is 5.97 Å². The van der Waals surface area contributed by atoms with Crippen LogP contribution >= 0.6 is 0 Å². The van der Waals surface area contributed by atoms with Crippen molar-refractivity contribution in [2.75, 3.05) is 0 Å². The van der Waals surface area contributed by atoms with Crippen LogP contribution in [0.25, 0.3) is 0 Å². The Morgan fingerprint density at radius 2 is 1.70 bits per heavy atom. The van der Waals surface area contributed by atoms with Gasteiger partial charge in [-0.2, -0.15) is 0 Å². The van der Waals surface area contributed by atoms with Crippen LogP contribution in [-0.2, 0) is 23.4 Å². The summed E-state index contributed by atoms with van der Waals surface area (Å²) in [4.78, 5) is 11.7. The van der Waals surface area contributed by atoms with Gasteiger partial charge in [-0.15, -0.1) is 0 Å². The number of hydrogen-bond acceptors (Lipinski definition) is 5. The molecule has 0 aliphatic carbocycles. The third-order valence-corrected chi connectivity index (χ3v) is 12.5. The van der Waals surface area contributed by atoms with E-state index in [2.05, 4.69) is 41.5 Å². The minimum absolute atomic E-state index is 0.0317. The number of carbonyl (C=O) groups is 1. The average molecular weight is 443 g/mol. The summed E-state index contributed by atoms with van der Waals surface area (Å²) in [6, 6.07) is 3.13. The first-order chi connectivity index (χ1) is 14.2. The summed E-state index contributed by atoms with van der Waals surface area (Å²) in [7, 11) is -1.88. The van der Waals surface area contributed by atoms with Crippen LogP contribution in [0.5, 0.6) is 0 Å². The van der Waals surface area contributed by atoms with Crippen molar-refractivity contribution in [2.45, 2.75) is 128 Å². The molecule has 0 bridgehead atoms. The topological polar surface area (TPSA) is 74.2 Å². The lowest BCUT2D eigenvalue weighted by Crippen LogP contribution is -2.61. The summed E-state index contributed by atoms with van der Waals surface area (Å²) in [5.41, 5.74) is 0. The zero-order chi connectivity index (χ0) is 22.1. The maximum absolute atomic E-state index is 11.7. The number of carboxylic acids is 1. The van der Waals surface area contributed by atoms with Crippen molar-refractivity contribution in [3.63, 3.8) is 0 Å². The van der Waals surface area contributed by atoms with Gasteiger partial charge < -0.3 is 23.7 Å². The Hall–Kier alpha value is -0.473. The van der Waals surface area contributed by atoms with Gasteiger partial charge in [0.2, 0.25) is 0 Å². The zero-order valence-electron chi connectivity index (χ0n) is 19.7. The van der Waals surface area contributed by atoms with Crippen LogP contribution in [-0.4, -0.2) is 55.7 Å². The van der Waals surface area contributed by atoms with Crippen LogP contribution in [0.4, 0.5) is 0 Å². The fraction of sp³-hybridized carbons (Fsp3) is 0.957. The molecule has 7 heteroatoms. The van der Waals surface area contributed by atoms with Crippen molar-refractivity contribution < 1.29 is 28.5 Å². The normalized spacial score (nSPS) is 41.7. The lowest BCUT2D eigenvalue weighted by atomic mass is 9.80. The molecule has 0 saturated carbocycles. The molecule has 6 nitrogen and oxygen atoms in total. The van der Waals surface area contributed by atoms with E-state index < -0.39 is 26.2 Å². The summed E-state index contributed by atoms with van der Waals surface area (Å²) in [6.07, 6.45) is 3.07. The monoisotopic (exact) mass is 442 g/mol. The van der Waals surface area contributed by atoms with E-state index in [4.69, 9.17) is 18.6 Å². The van der Waals surface area contributed by atoms with Crippen molar-refractivity contribution in [1.82, 2.24) is 0 Å². The van der Waals surface area contributed by atoms with E-state index in [1.165, 1.54) is 0 Å². The Labute approximate surface area is 183 Å². The highest BCUT2D eigenvalue weighted by molar-refractivity contribution is 6.73. The molecule has 1 N–H and O–H groups in total. The smallest absolute Gasteiger partial charge is 0.306 e. The molecular weight excluding hydrogens is 400 g/mol. The third kappa shape index (κ3) is 4.80. The van der Waals surface area contributed by atoms with Crippen molar-refractivity contribution >= 4 is 14.3 Å². The number of hydrogen-bond donors (Lipinski definition) is 1. The van der Waals surface area contributed by atoms with E-state index in [0.717, 1.165) is 43.8 Å². The molecule has 3 unspecified atom stereocenters. The minimum Gasteiger partial charge on any atom is -0.481 e. The van der Waals surface area contributed by atoms with E-state index in [-0.39, 0.29) is 36.8 Å². The highest BCUT2D eigenvalue weighted by atomic mass is 28.4. The molecule has 0 amide bonds. The summed E-state index contributed by atoms with van der Waals surface area (Å²) in [5, 5.41) is 9.61. The van der Waals surface area contributed by atoms with Gasteiger partial charge in [-0.05, 0) is 36.4 Å². The van der Waals surface area contributed by atoms with Crippen LogP contribution in [0, 0.1) is 11.8 Å². The van der Waals surface area contributed by atoms with Gasteiger partial charge in [-0.25, -0.2) is 0 Å². The Morgan fingerprint density at radius 1 is 1.07 bits per heavy atom. The molecule has 0 radical (unpaired) electrons. The van der Waals surface area contributed by atoms with E-state index in [1.807, 2.05) is 0 Å². The first-order valence-corrected chi connectivity index (χ1v) is 14.6. The van der Waals surface area contributed by atoms with Crippen molar-refractivity contribution in [2.24, 2.45) is 11.8 Å². The molecule has 3 fully saturated rings. The maximum Gasteiger partial charge on any atom is 0.306 e. The molecule has 174 valence electrons. The highest BCUT2D eigenvalue weighted by Crippen LogP contribution is 2.49. The first kappa shape index (κ1) is 24.2. The fourth-order valence-electron chi connectivity index (χ4n) is 5.95. The van der Waals surface area contributed by atoms with Crippen molar-refractivity contribution in [3.05, 3.63) is 0 Å². The predicted molar refractivity (Wildman–Crippen MR) is 118 cm³/mol. The zero-order valence-corrected chi connectivity index (χ0v) is 20.7. The second kappa shape index (κ2) is 9.57. The van der Waals surface area contributed by atoms with E-state index in [0.29, 0.717) is 5.92 Å². The highest BCUT2D eigenvalue weighted by Gasteiger charge is 2.56. The number of aliphatic carboxylic acids is 1. The molecule has 0 aromatic rings. The summed E-state index contributed by atoms with van der Waals surface area (Å²) in [5.74, 6) is -1.05. The third-order valence-electron chi connectivity index (χ3n) is 7.85. The molecule has 0 aromatic carbocycles. The Kier molecular flexibility index (Phi) is 7.71. The minimum atomic E-state index is -1.88. The van der Waals surface area contributed by atoms with Gasteiger partial charge in [0.25, 0.3) is 0 Å². The standard InChI is InChI=1S/C23H42O6Si/c1-7-17-11-18-21(26-17)15(5)13-23(27-18)14-16(6)22(19(28-23)12-20(24)25)29-30(8-2,9-3)10-4/h15-19,21-22H,7-14H2,1-6H3,(H,24,25)/t15-,16-,17?,18?,19-,21?,22-,23+/m0/s1. The SMILES string of the molecule is CCC1CC2O[C@@]3(C[C@H](C)C2O1)C[C@H](C)[C@H](O[Si](CC)(CC)CC)[C@H](CC(=O)O)O3. The summed E-state index contributed by atoms with van der Waals surface area (Å²) < 4.78 is 26.2. The Bertz CT molecular complexity index is 588. The van der Waals surface area contributed by atoms with Gasteiger partial charge in [0.05, 0.1) is 36.9 Å². The van der Waals surface area contributed by atoms with E-state index in [9.17, 15) is 9.90 Å². The molecule has 3 rings (SSSR count).